The lowest BCUT2D eigenvalue weighted by Gasteiger charge is -2.25. The lowest BCUT2D eigenvalue weighted by atomic mass is 9.92. The van der Waals surface area contributed by atoms with Crippen LogP contribution in [-0.2, 0) is 22.8 Å². The van der Waals surface area contributed by atoms with Crippen molar-refractivity contribution in [3.63, 3.8) is 0 Å². The van der Waals surface area contributed by atoms with Gasteiger partial charge in [-0.3, -0.25) is 14.8 Å². The molecule has 0 saturated carbocycles. The van der Waals surface area contributed by atoms with E-state index in [2.05, 4.69) is 10.4 Å². The Hall–Kier alpha value is -2.67. The summed E-state index contributed by atoms with van der Waals surface area (Å²) in [6, 6.07) is 1.67. The fourth-order valence-electron chi connectivity index (χ4n) is 3.33. The third kappa shape index (κ3) is 3.92. The standard InChI is InChI=1S/C16H17F3N4O5S/c17-16(18,19)29(27,28)10-4-5-13(15(8-10)23(25)26)21-12-2-1-3-14-11(12)9-20-22(14)6-7-24/h4-5,8-9,12,21,24H,1-3,6-7H2. The van der Waals surface area contributed by atoms with Crippen molar-refractivity contribution in [2.75, 3.05) is 11.9 Å². The van der Waals surface area contributed by atoms with E-state index in [1.54, 1.807) is 10.9 Å². The van der Waals surface area contributed by atoms with Gasteiger partial charge in [-0.25, -0.2) is 8.42 Å². The van der Waals surface area contributed by atoms with Gasteiger partial charge in [0.05, 0.1) is 35.2 Å². The minimum atomic E-state index is -5.70. The molecular formula is C16H17F3N4O5S. The van der Waals surface area contributed by atoms with E-state index in [1.807, 2.05) is 0 Å². The first-order valence-electron chi connectivity index (χ1n) is 8.58. The average Bonchev–Trinajstić information content (AvgIpc) is 3.05. The highest BCUT2D eigenvalue weighted by Gasteiger charge is 2.47. The molecule has 9 nitrogen and oxygen atoms in total. The fourth-order valence-corrected chi connectivity index (χ4v) is 4.11. The summed E-state index contributed by atoms with van der Waals surface area (Å²) < 4.78 is 63.0. The minimum Gasteiger partial charge on any atom is -0.394 e. The summed E-state index contributed by atoms with van der Waals surface area (Å²) in [5, 5.41) is 27.6. The van der Waals surface area contributed by atoms with Crippen LogP contribution in [0, 0.1) is 10.1 Å². The zero-order chi connectivity index (χ0) is 21.4. The van der Waals surface area contributed by atoms with Gasteiger partial charge < -0.3 is 10.4 Å². The molecule has 1 aliphatic rings. The quantitative estimate of drug-likeness (QED) is 0.528. The van der Waals surface area contributed by atoms with Crippen molar-refractivity contribution in [3.8, 4) is 0 Å². The normalized spacial score (nSPS) is 17.0. The molecule has 1 aliphatic carbocycles. The van der Waals surface area contributed by atoms with Gasteiger partial charge in [0.25, 0.3) is 15.5 Å². The summed E-state index contributed by atoms with van der Waals surface area (Å²) in [7, 11) is -5.70. The molecule has 0 fully saturated rings. The zero-order valence-corrected chi connectivity index (χ0v) is 15.7. The van der Waals surface area contributed by atoms with Crippen molar-refractivity contribution in [3.05, 3.63) is 45.8 Å². The van der Waals surface area contributed by atoms with E-state index in [0.717, 1.165) is 23.7 Å². The average molecular weight is 434 g/mol. The molecule has 2 N–H and O–H groups in total. The predicted molar refractivity (Wildman–Crippen MR) is 95.0 cm³/mol. The van der Waals surface area contributed by atoms with Crippen LogP contribution in [0.1, 0.15) is 30.1 Å². The Bertz CT molecular complexity index is 1040. The number of hydrogen-bond donors (Lipinski definition) is 2. The predicted octanol–water partition coefficient (Wildman–Crippen LogP) is 2.57. The number of halogens is 3. The first-order chi connectivity index (χ1) is 13.6. The Labute approximate surface area is 163 Å². The van der Waals surface area contributed by atoms with Gasteiger partial charge in [-0.2, -0.15) is 18.3 Å². The monoisotopic (exact) mass is 434 g/mol. The maximum absolute atomic E-state index is 12.8. The van der Waals surface area contributed by atoms with E-state index in [9.17, 15) is 31.7 Å². The lowest BCUT2D eigenvalue weighted by molar-refractivity contribution is -0.384. The largest absolute Gasteiger partial charge is 0.501 e. The molecule has 1 atom stereocenters. The first-order valence-corrected chi connectivity index (χ1v) is 10.1. The number of anilines is 1. The molecule has 0 bridgehead atoms. The van der Waals surface area contributed by atoms with E-state index in [4.69, 9.17) is 5.11 Å². The number of nitro benzene ring substituents is 1. The van der Waals surface area contributed by atoms with Gasteiger partial charge in [0.1, 0.15) is 5.69 Å². The lowest BCUT2D eigenvalue weighted by Crippen LogP contribution is -2.23. The Balaban J connectivity index is 1.96. The van der Waals surface area contributed by atoms with E-state index >= 15 is 0 Å². The number of benzene rings is 1. The van der Waals surface area contributed by atoms with Gasteiger partial charge in [0.15, 0.2) is 0 Å². The highest BCUT2D eigenvalue weighted by atomic mass is 32.2. The number of alkyl halides is 3. The second-order valence-corrected chi connectivity index (χ2v) is 8.41. The molecule has 0 amide bonds. The van der Waals surface area contributed by atoms with Crippen LogP contribution in [0.3, 0.4) is 0 Å². The molecule has 1 aromatic carbocycles. The molecule has 1 unspecified atom stereocenters. The van der Waals surface area contributed by atoms with Crippen molar-refractivity contribution < 1.29 is 31.6 Å². The Morgan fingerprint density at radius 1 is 1.38 bits per heavy atom. The molecule has 0 spiro atoms. The number of aromatic nitrogens is 2. The van der Waals surface area contributed by atoms with Crippen LogP contribution in [0.15, 0.2) is 29.3 Å². The zero-order valence-electron chi connectivity index (χ0n) is 14.9. The van der Waals surface area contributed by atoms with E-state index < -0.39 is 36.9 Å². The number of rotatable bonds is 6. The summed E-state index contributed by atoms with van der Waals surface area (Å²) >= 11 is 0. The molecule has 0 saturated heterocycles. The third-order valence-corrected chi connectivity index (χ3v) is 6.17. The van der Waals surface area contributed by atoms with E-state index in [0.29, 0.717) is 31.5 Å². The molecular weight excluding hydrogens is 417 g/mol. The van der Waals surface area contributed by atoms with Gasteiger partial charge in [0, 0.05) is 17.3 Å². The van der Waals surface area contributed by atoms with Crippen LogP contribution < -0.4 is 5.32 Å². The molecule has 1 aromatic heterocycles. The molecule has 0 radical (unpaired) electrons. The molecule has 0 aliphatic heterocycles. The topological polar surface area (TPSA) is 127 Å². The fraction of sp³-hybridized carbons (Fsp3) is 0.438. The molecule has 3 rings (SSSR count). The number of aliphatic hydroxyl groups is 1. The highest BCUT2D eigenvalue weighted by Crippen LogP contribution is 2.38. The van der Waals surface area contributed by atoms with Crippen LogP contribution in [0.2, 0.25) is 0 Å². The molecule has 1 heterocycles. The van der Waals surface area contributed by atoms with Crippen LogP contribution in [0.4, 0.5) is 24.5 Å². The molecule has 29 heavy (non-hydrogen) atoms. The third-order valence-electron chi connectivity index (χ3n) is 4.69. The van der Waals surface area contributed by atoms with Crippen molar-refractivity contribution in [2.45, 2.75) is 42.3 Å². The summed E-state index contributed by atoms with van der Waals surface area (Å²) in [6.45, 7) is 0.193. The van der Waals surface area contributed by atoms with E-state index in [-0.39, 0.29) is 12.3 Å². The minimum absolute atomic E-state index is 0.0936. The maximum Gasteiger partial charge on any atom is 0.501 e. The summed E-state index contributed by atoms with van der Waals surface area (Å²) in [4.78, 5) is 9.25. The Morgan fingerprint density at radius 3 is 2.72 bits per heavy atom. The van der Waals surface area contributed by atoms with Crippen LogP contribution >= 0.6 is 0 Å². The van der Waals surface area contributed by atoms with Crippen LogP contribution in [0.25, 0.3) is 0 Å². The molecule has 2 aromatic rings. The van der Waals surface area contributed by atoms with Crippen molar-refractivity contribution in [1.82, 2.24) is 9.78 Å². The summed E-state index contributed by atoms with van der Waals surface area (Å²) in [5.41, 5.74) is -4.79. The Morgan fingerprint density at radius 2 is 2.10 bits per heavy atom. The van der Waals surface area contributed by atoms with Gasteiger partial charge in [-0.1, -0.05) is 0 Å². The number of nitro groups is 1. The van der Waals surface area contributed by atoms with Gasteiger partial charge >= 0.3 is 5.51 Å². The van der Waals surface area contributed by atoms with Crippen molar-refractivity contribution in [1.29, 1.82) is 0 Å². The second-order valence-electron chi connectivity index (χ2n) is 6.47. The number of nitrogens with zero attached hydrogens (tertiary/aromatic N) is 3. The first kappa shape index (κ1) is 21.0. The second kappa shape index (κ2) is 7.63. The number of aliphatic hydroxyl groups excluding tert-OH is 1. The van der Waals surface area contributed by atoms with Crippen molar-refractivity contribution >= 4 is 21.2 Å². The number of sulfone groups is 1. The summed E-state index contributed by atoms with van der Waals surface area (Å²) in [6.07, 6.45) is 3.61. The molecule has 13 heteroatoms. The highest BCUT2D eigenvalue weighted by molar-refractivity contribution is 7.92. The van der Waals surface area contributed by atoms with Crippen LogP contribution in [-0.4, -0.2) is 40.3 Å². The summed E-state index contributed by atoms with van der Waals surface area (Å²) in [5.74, 6) is 0. The van der Waals surface area contributed by atoms with Gasteiger partial charge in [-0.05, 0) is 31.4 Å². The maximum atomic E-state index is 12.8. The van der Waals surface area contributed by atoms with E-state index in [1.165, 1.54) is 0 Å². The van der Waals surface area contributed by atoms with Crippen LogP contribution in [0.5, 0.6) is 0 Å². The van der Waals surface area contributed by atoms with Gasteiger partial charge in [0.2, 0.25) is 0 Å². The molecule has 158 valence electrons. The van der Waals surface area contributed by atoms with Gasteiger partial charge in [-0.15, -0.1) is 0 Å². The number of fused-ring (bicyclic) bond motifs is 1. The number of hydrogen-bond acceptors (Lipinski definition) is 7. The smallest absolute Gasteiger partial charge is 0.394 e. The number of nitrogens with one attached hydrogen (secondary N) is 1. The SMILES string of the molecule is O=[N+]([O-])c1cc(S(=O)(=O)C(F)(F)F)ccc1NC1CCCc2c1cnn2CCO. The Kier molecular flexibility index (Phi) is 5.54. The van der Waals surface area contributed by atoms with Crippen molar-refractivity contribution in [2.24, 2.45) is 0 Å².